The highest BCUT2D eigenvalue weighted by molar-refractivity contribution is 6.03. The molecule has 0 saturated heterocycles. The van der Waals surface area contributed by atoms with Crippen LogP contribution >= 0.6 is 0 Å². The van der Waals surface area contributed by atoms with Gasteiger partial charge in [-0.25, -0.2) is 9.59 Å². The van der Waals surface area contributed by atoms with Crippen LogP contribution in [0.4, 0.5) is 9.59 Å². The lowest BCUT2D eigenvalue weighted by Gasteiger charge is -2.59. The first kappa shape index (κ1) is 48.9. The number of hydrogen-bond donors (Lipinski definition) is 4. The Morgan fingerprint density at radius 3 is 2.32 bits per heavy atom. The molecule has 3 aromatic carbocycles. The smallest absolute Gasteiger partial charge is 0.412 e. The molecule has 2 aliphatic carbocycles. The predicted molar refractivity (Wildman–Crippen MR) is 246 cm³/mol. The Balaban J connectivity index is 1.53. The van der Waals surface area contributed by atoms with Gasteiger partial charge in [-0.05, 0) is 78.8 Å². The Kier molecular flexibility index (Phi) is 19.0. The minimum absolute atomic E-state index is 0.0129. The molecule has 0 aromatic heterocycles. The molecule has 1 heterocycles. The van der Waals surface area contributed by atoms with Gasteiger partial charge >= 0.3 is 12.2 Å². The van der Waals surface area contributed by atoms with Gasteiger partial charge < -0.3 is 49.2 Å². The summed E-state index contributed by atoms with van der Waals surface area (Å²) in [5, 5.41) is 37.2. The molecule has 1 saturated carbocycles. The van der Waals surface area contributed by atoms with E-state index in [4.69, 9.17) is 33.7 Å². The molecule has 0 spiro atoms. The third-order valence-corrected chi connectivity index (χ3v) is 12.3. The van der Waals surface area contributed by atoms with Gasteiger partial charge in [-0.3, -0.25) is 4.90 Å². The topological polar surface area (TPSA) is 178 Å². The summed E-state index contributed by atoms with van der Waals surface area (Å²) in [6, 6.07) is 23.8. The Morgan fingerprint density at radius 1 is 0.877 bits per heavy atom. The molecule has 3 aliphatic rings. The number of carbonyl (C=O) groups is 2. The van der Waals surface area contributed by atoms with Gasteiger partial charge in [-0.2, -0.15) is 0 Å². The SMILES string of the molecule is C=CCCOC(=O)N(CCOCCO)C1CC(=NOCc2ccccc2)C2=CC(CCCCO)C(CCCCO)C3c4cc(OC(=O)NCc5ccccc5)ccc4OC1(OCC=C)C23. The number of aliphatic hydroxyl groups excluding tert-OH is 3. The van der Waals surface area contributed by atoms with Crippen molar-refractivity contribution in [3.05, 3.63) is 133 Å². The van der Waals surface area contributed by atoms with Gasteiger partial charge in [0.25, 0.3) is 0 Å². The minimum Gasteiger partial charge on any atom is -0.459 e. The fraction of sp³-hybridized carbons (Fsp3) is 0.471. The number of amides is 2. The molecule has 6 rings (SSSR count). The molecule has 0 bridgehead atoms. The summed E-state index contributed by atoms with van der Waals surface area (Å²) in [5.74, 6) is -1.77. The van der Waals surface area contributed by atoms with Gasteiger partial charge in [-0.15, -0.1) is 13.2 Å². The second-order valence-electron chi connectivity index (χ2n) is 16.5. The maximum absolute atomic E-state index is 14.4. The Morgan fingerprint density at radius 2 is 1.62 bits per heavy atom. The van der Waals surface area contributed by atoms with Crippen molar-refractivity contribution >= 4 is 17.9 Å². The molecule has 14 heteroatoms. The number of oxime groups is 1. The van der Waals surface area contributed by atoms with Crippen LogP contribution in [0.15, 0.2) is 121 Å². The lowest BCUT2D eigenvalue weighted by Crippen LogP contribution is -2.70. The summed E-state index contributed by atoms with van der Waals surface area (Å²) in [5.41, 5.74) is 4.11. The zero-order valence-electron chi connectivity index (χ0n) is 37.3. The van der Waals surface area contributed by atoms with Crippen molar-refractivity contribution in [1.29, 1.82) is 0 Å². The van der Waals surface area contributed by atoms with E-state index < -0.39 is 29.9 Å². The van der Waals surface area contributed by atoms with E-state index in [1.54, 1.807) is 29.2 Å². The molecule has 2 amide bonds. The van der Waals surface area contributed by atoms with Crippen LogP contribution in [0.5, 0.6) is 11.5 Å². The number of fused-ring (bicyclic) bond motifs is 2. The number of ether oxygens (including phenoxy) is 5. The van der Waals surface area contributed by atoms with Crippen molar-refractivity contribution in [2.24, 2.45) is 22.9 Å². The number of nitrogens with one attached hydrogen (secondary N) is 1. The number of rotatable bonds is 26. The summed E-state index contributed by atoms with van der Waals surface area (Å²) in [6.45, 7) is 8.57. The molecular weight excluding hydrogens is 831 g/mol. The van der Waals surface area contributed by atoms with E-state index in [1.807, 2.05) is 66.7 Å². The second kappa shape index (κ2) is 25.3. The van der Waals surface area contributed by atoms with Gasteiger partial charge in [-0.1, -0.05) is 96.9 Å². The van der Waals surface area contributed by atoms with Crippen LogP contribution < -0.4 is 14.8 Å². The lowest BCUT2D eigenvalue weighted by atomic mass is 9.55. The van der Waals surface area contributed by atoms with E-state index in [0.717, 1.165) is 47.9 Å². The standard InChI is InChI=1S/C51H65N3O11/c1-3-5-29-61-50(59)54(24-30-60-31-27-57)46-34-44(53-63-36-38-18-10-7-11-19-38)42-32-39(20-12-14-25-55)41(21-13-15-26-56)47-43-33-40(64-49(58)52-35-37-16-8-6-9-17-37)22-23-45(43)65-51(46,48(42)47)62-28-4-2/h3-4,6-11,16-19,22-23,32-33,39,41,46-48,55-57H,1-2,5,12-15,20-21,24-31,34-36H2,(H,52,58). The third-order valence-electron chi connectivity index (χ3n) is 12.3. The number of aliphatic hydroxyl groups is 3. The highest BCUT2D eigenvalue weighted by Crippen LogP contribution is 2.62. The molecule has 14 nitrogen and oxygen atoms in total. The fourth-order valence-electron chi connectivity index (χ4n) is 9.40. The van der Waals surface area contributed by atoms with E-state index in [9.17, 15) is 24.9 Å². The van der Waals surface area contributed by atoms with Crippen molar-refractivity contribution in [1.82, 2.24) is 10.2 Å². The summed E-state index contributed by atoms with van der Waals surface area (Å²) in [6.07, 6.45) is 9.15. The Labute approximate surface area is 382 Å². The van der Waals surface area contributed by atoms with Crippen LogP contribution in [-0.2, 0) is 32.2 Å². The monoisotopic (exact) mass is 895 g/mol. The van der Waals surface area contributed by atoms with E-state index in [1.165, 1.54) is 0 Å². The van der Waals surface area contributed by atoms with Crippen molar-refractivity contribution < 1.29 is 53.4 Å². The van der Waals surface area contributed by atoms with Crippen molar-refractivity contribution in [3.63, 3.8) is 0 Å². The highest BCUT2D eigenvalue weighted by Gasteiger charge is 2.65. The molecular formula is C51H65N3O11. The normalized spacial score (nSPS) is 22.4. The number of carbonyl (C=O) groups excluding carboxylic acids is 2. The van der Waals surface area contributed by atoms with Gasteiger partial charge in [0.15, 0.2) is 0 Å². The van der Waals surface area contributed by atoms with Gasteiger partial charge in [0.05, 0.1) is 44.7 Å². The van der Waals surface area contributed by atoms with Crippen LogP contribution in [0, 0.1) is 17.8 Å². The van der Waals surface area contributed by atoms with E-state index >= 15 is 0 Å². The summed E-state index contributed by atoms with van der Waals surface area (Å²) < 4.78 is 31.9. The first-order valence-electron chi connectivity index (χ1n) is 22.8. The maximum Gasteiger partial charge on any atom is 0.412 e. The molecule has 0 radical (unpaired) electrons. The molecule has 6 unspecified atom stereocenters. The number of unbranched alkanes of at least 4 members (excludes halogenated alkanes) is 2. The van der Waals surface area contributed by atoms with Crippen LogP contribution in [0.2, 0.25) is 0 Å². The lowest BCUT2D eigenvalue weighted by molar-refractivity contribution is -0.256. The third kappa shape index (κ3) is 12.6. The fourth-order valence-corrected chi connectivity index (χ4v) is 9.40. The van der Waals surface area contributed by atoms with Gasteiger partial charge in [0.1, 0.15) is 24.1 Å². The van der Waals surface area contributed by atoms with E-state index in [-0.39, 0.29) is 90.1 Å². The quantitative estimate of drug-likeness (QED) is 0.0351. The summed E-state index contributed by atoms with van der Waals surface area (Å²) in [7, 11) is 0. The minimum atomic E-state index is -1.55. The maximum atomic E-state index is 14.4. The van der Waals surface area contributed by atoms with Crippen LogP contribution in [0.25, 0.3) is 0 Å². The first-order valence-corrected chi connectivity index (χ1v) is 22.8. The molecule has 1 fully saturated rings. The van der Waals surface area contributed by atoms with Crippen LogP contribution in [0.1, 0.15) is 74.0 Å². The molecule has 6 atom stereocenters. The predicted octanol–water partition coefficient (Wildman–Crippen LogP) is 7.83. The number of nitrogens with zero attached hydrogens (tertiary/aromatic N) is 2. The van der Waals surface area contributed by atoms with Crippen molar-refractivity contribution in [3.8, 4) is 11.5 Å². The van der Waals surface area contributed by atoms with Crippen molar-refractivity contribution in [2.75, 3.05) is 52.8 Å². The van der Waals surface area contributed by atoms with Gasteiger partial charge in [0, 0.05) is 44.2 Å². The average Bonchev–Trinajstić information content (AvgIpc) is 3.32. The summed E-state index contributed by atoms with van der Waals surface area (Å²) >= 11 is 0. The molecule has 65 heavy (non-hydrogen) atoms. The van der Waals surface area contributed by atoms with Crippen molar-refractivity contribution in [2.45, 2.75) is 82.3 Å². The largest absolute Gasteiger partial charge is 0.459 e. The zero-order valence-corrected chi connectivity index (χ0v) is 37.3. The summed E-state index contributed by atoms with van der Waals surface area (Å²) in [4.78, 5) is 35.5. The second-order valence-corrected chi connectivity index (χ2v) is 16.5. The van der Waals surface area contributed by atoms with Gasteiger partial charge in [0.2, 0.25) is 5.79 Å². The van der Waals surface area contributed by atoms with E-state index in [2.05, 4.69) is 24.6 Å². The molecule has 1 aliphatic heterocycles. The highest BCUT2D eigenvalue weighted by atomic mass is 16.7. The van der Waals surface area contributed by atoms with Crippen LogP contribution in [-0.4, -0.2) is 103 Å². The number of benzene rings is 3. The number of allylic oxidation sites excluding steroid dienone is 1. The zero-order chi connectivity index (χ0) is 45.9. The Hall–Kier alpha value is -5.51. The van der Waals surface area contributed by atoms with Crippen LogP contribution in [0.3, 0.4) is 0 Å². The molecule has 4 N–H and O–H groups in total. The molecule has 3 aromatic rings. The number of hydrogen-bond acceptors (Lipinski definition) is 12. The Bertz CT molecular complexity index is 2050. The molecule has 350 valence electrons. The van der Waals surface area contributed by atoms with E-state index in [0.29, 0.717) is 36.5 Å². The average molecular weight is 896 g/mol. The first-order chi connectivity index (χ1) is 31.9.